The fourth-order valence-corrected chi connectivity index (χ4v) is 5.52. The molecule has 0 atom stereocenters. The van der Waals surface area contributed by atoms with Gasteiger partial charge in [0.2, 0.25) is 0 Å². The lowest BCUT2D eigenvalue weighted by Crippen LogP contribution is -2.38. The van der Waals surface area contributed by atoms with Crippen LogP contribution in [0.2, 0.25) is 5.02 Å². The fraction of sp³-hybridized carbons (Fsp3) is 0.160. The minimum absolute atomic E-state index is 0.0436. The molecule has 9 heteroatoms. The van der Waals surface area contributed by atoms with Gasteiger partial charge in [0.15, 0.2) is 11.6 Å². The number of thiophene rings is 1. The van der Waals surface area contributed by atoms with Crippen LogP contribution in [0.25, 0.3) is 37.1 Å². The van der Waals surface area contributed by atoms with Gasteiger partial charge in [-0.3, -0.25) is 14.3 Å². The second kappa shape index (κ2) is 8.70. The molecule has 172 valence electrons. The number of nitrogens with zero attached hydrogens (tertiary/aromatic N) is 3. The number of benzene rings is 2. The maximum absolute atomic E-state index is 14.1. The summed E-state index contributed by atoms with van der Waals surface area (Å²) in [6.45, 7) is 2.38. The van der Waals surface area contributed by atoms with Crippen molar-refractivity contribution in [3.8, 4) is 21.9 Å². The molecule has 0 saturated carbocycles. The topological polar surface area (TPSA) is 66.1 Å². The molecule has 0 unspecified atom stereocenters. The summed E-state index contributed by atoms with van der Waals surface area (Å²) in [4.78, 5) is 32.2. The highest BCUT2D eigenvalue weighted by Crippen LogP contribution is 2.39. The Balaban J connectivity index is 1.85. The average Bonchev–Trinajstić information content (AvgIpc) is 3.27. The van der Waals surface area contributed by atoms with Crippen LogP contribution >= 0.6 is 22.9 Å². The molecule has 0 aliphatic rings. The molecule has 2 aromatic carbocycles. The van der Waals surface area contributed by atoms with Crippen LogP contribution in [0.1, 0.15) is 13.3 Å². The number of ether oxygens (including phenoxy) is 1. The van der Waals surface area contributed by atoms with Crippen molar-refractivity contribution in [3.63, 3.8) is 0 Å². The molecule has 5 rings (SSSR count). The zero-order valence-corrected chi connectivity index (χ0v) is 19.9. The summed E-state index contributed by atoms with van der Waals surface area (Å²) in [6.07, 6.45) is 3.92. The van der Waals surface area contributed by atoms with Gasteiger partial charge in [0.05, 0.1) is 29.5 Å². The minimum atomic E-state index is -0.578. The molecule has 0 amide bonds. The van der Waals surface area contributed by atoms with Gasteiger partial charge < -0.3 is 4.74 Å². The van der Waals surface area contributed by atoms with Crippen molar-refractivity contribution in [2.24, 2.45) is 0 Å². The fourth-order valence-electron chi connectivity index (χ4n) is 4.09. The molecule has 0 saturated heterocycles. The van der Waals surface area contributed by atoms with E-state index >= 15 is 0 Å². The first-order chi connectivity index (χ1) is 16.4. The molecule has 0 N–H and O–H groups in total. The summed E-state index contributed by atoms with van der Waals surface area (Å²) in [5.41, 5.74) is 0.586. The van der Waals surface area contributed by atoms with E-state index in [1.165, 1.54) is 41.3 Å². The SMILES string of the molecule is CCCn1c(=O)n(-c2cncc3ccccc23)c(=O)c2sc(-c3cc(OC)c(F)cc3Cl)cc21. The van der Waals surface area contributed by atoms with Crippen molar-refractivity contribution in [1.29, 1.82) is 0 Å². The maximum Gasteiger partial charge on any atom is 0.336 e. The van der Waals surface area contributed by atoms with Gasteiger partial charge in [0.1, 0.15) is 4.70 Å². The number of rotatable bonds is 5. The number of methoxy groups -OCH3 is 1. The van der Waals surface area contributed by atoms with Crippen molar-refractivity contribution >= 4 is 43.9 Å². The van der Waals surface area contributed by atoms with Crippen LogP contribution < -0.4 is 16.0 Å². The highest BCUT2D eigenvalue weighted by atomic mass is 35.5. The standard InChI is InChI=1S/C25H19ClFN3O3S/c1-3-8-29-19-11-22(16-9-21(33-2)18(27)10-17(16)26)34-23(19)24(31)30(25(29)32)20-13-28-12-14-6-4-5-7-15(14)20/h4-7,9-13H,3,8H2,1-2H3. The molecule has 0 aliphatic carbocycles. The highest BCUT2D eigenvalue weighted by Gasteiger charge is 2.21. The van der Waals surface area contributed by atoms with Crippen LogP contribution in [0.4, 0.5) is 4.39 Å². The van der Waals surface area contributed by atoms with Gasteiger partial charge in [-0.2, -0.15) is 0 Å². The van der Waals surface area contributed by atoms with Gasteiger partial charge in [-0.1, -0.05) is 42.8 Å². The van der Waals surface area contributed by atoms with E-state index < -0.39 is 17.1 Å². The Bertz CT molecular complexity index is 1680. The Morgan fingerprint density at radius 1 is 1.15 bits per heavy atom. The molecule has 0 bridgehead atoms. The highest BCUT2D eigenvalue weighted by molar-refractivity contribution is 7.22. The summed E-state index contributed by atoms with van der Waals surface area (Å²) in [6, 6.07) is 11.9. The largest absolute Gasteiger partial charge is 0.494 e. The lowest BCUT2D eigenvalue weighted by molar-refractivity contribution is 0.387. The van der Waals surface area contributed by atoms with E-state index in [0.717, 1.165) is 10.8 Å². The van der Waals surface area contributed by atoms with Crippen molar-refractivity contribution in [3.05, 3.63) is 86.5 Å². The van der Waals surface area contributed by atoms with E-state index in [0.29, 0.717) is 39.3 Å². The van der Waals surface area contributed by atoms with Gasteiger partial charge in [0.25, 0.3) is 5.56 Å². The van der Waals surface area contributed by atoms with Crippen molar-refractivity contribution in [1.82, 2.24) is 14.1 Å². The first kappa shape index (κ1) is 22.3. The zero-order valence-electron chi connectivity index (χ0n) is 18.3. The number of hydrogen-bond donors (Lipinski definition) is 0. The summed E-state index contributed by atoms with van der Waals surface area (Å²) < 4.78 is 22.4. The van der Waals surface area contributed by atoms with E-state index in [1.54, 1.807) is 16.8 Å². The number of fused-ring (bicyclic) bond motifs is 2. The molecular weight excluding hydrogens is 477 g/mol. The molecule has 34 heavy (non-hydrogen) atoms. The predicted molar refractivity (Wildman–Crippen MR) is 134 cm³/mol. The van der Waals surface area contributed by atoms with Crippen molar-refractivity contribution in [2.75, 3.05) is 7.11 Å². The minimum Gasteiger partial charge on any atom is -0.494 e. The Hall–Kier alpha value is -3.49. The van der Waals surface area contributed by atoms with Gasteiger partial charge in [-0.25, -0.2) is 13.8 Å². The van der Waals surface area contributed by atoms with Gasteiger partial charge in [-0.15, -0.1) is 11.3 Å². The van der Waals surface area contributed by atoms with Crippen LogP contribution in [-0.4, -0.2) is 21.2 Å². The normalized spacial score (nSPS) is 11.4. The summed E-state index contributed by atoms with van der Waals surface area (Å²) in [5.74, 6) is -0.534. The van der Waals surface area contributed by atoms with Gasteiger partial charge >= 0.3 is 5.69 Å². The Labute approximate surface area is 202 Å². The quantitative estimate of drug-likeness (QED) is 0.316. The second-order valence-corrected chi connectivity index (χ2v) is 9.21. The average molecular weight is 496 g/mol. The molecule has 0 fully saturated rings. The van der Waals surface area contributed by atoms with Crippen molar-refractivity contribution < 1.29 is 9.13 Å². The molecule has 0 radical (unpaired) electrons. The molecule has 5 aromatic rings. The molecule has 0 aliphatic heterocycles. The molecule has 3 heterocycles. The number of hydrogen-bond acceptors (Lipinski definition) is 5. The maximum atomic E-state index is 14.1. The van der Waals surface area contributed by atoms with Crippen LogP contribution in [0.5, 0.6) is 5.75 Å². The monoisotopic (exact) mass is 495 g/mol. The number of aromatic nitrogens is 3. The molecule has 0 spiro atoms. The third kappa shape index (κ3) is 3.50. The van der Waals surface area contributed by atoms with E-state index in [9.17, 15) is 14.0 Å². The predicted octanol–water partition coefficient (Wildman–Crippen LogP) is 5.64. The van der Waals surface area contributed by atoms with E-state index in [2.05, 4.69) is 4.98 Å². The number of pyridine rings is 1. The third-order valence-corrected chi connectivity index (χ3v) is 7.12. The smallest absolute Gasteiger partial charge is 0.336 e. The third-order valence-electron chi connectivity index (χ3n) is 5.67. The van der Waals surface area contributed by atoms with Crippen LogP contribution in [0.3, 0.4) is 0 Å². The Morgan fingerprint density at radius 3 is 2.71 bits per heavy atom. The molecule has 3 aromatic heterocycles. The number of halogens is 2. The summed E-state index contributed by atoms with van der Waals surface area (Å²) in [7, 11) is 1.37. The molecular formula is C25H19ClFN3O3S. The van der Waals surface area contributed by atoms with E-state index in [-0.39, 0.29) is 10.8 Å². The Morgan fingerprint density at radius 2 is 1.94 bits per heavy atom. The lowest BCUT2D eigenvalue weighted by atomic mass is 10.1. The summed E-state index contributed by atoms with van der Waals surface area (Å²) >= 11 is 7.54. The van der Waals surface area contributed by atoms with Crippen LogP contribution in [0.15, 0.2) is 64.4 Å². The van der Waals surface area contributed by atoms with Crippen molar-refractivity contribution in [2.45, 2.75) is 19.9 Å². The Kier molecular flexibility index (Phi) is 5.71. The van der Waals surface area contributed by atoms with E-state index in [1.807, 2.05) is 31.2 Å². The van der Waals surface area contributed by atoms with Gasteiger partial charge in [0, 0.05) is 34.0 Å². The first-order valence-corrected chi connectivity index (χ1v) is 11.8. The first-order valence-electron chi connectivity index (χ1n) is 10.6. The molecule has 6 nitrogen and oxygen atoms in total. The van der Waals surface area contributed by atoms with Crippen LogP contribution in [-0.2, 0) is 6.54 Å². The lowest BCUT2D eigenvalue weighted by Gasteiger charge is -2.12. The second-order valence-electron chi connectivity index (χ2n) is 7.75. The van der Waals surface area contributed by atoms with Gasteiger partial charge in [-0.05, 0) is 24.6 Å². The van der Waals surface area contributed by atoms with E-state index in [4.69, 9.17) is 16.3 Å². The number of aryl methyl sites for hydroxylation is 1. The zero-order chi connectivity index (χ0) is 24.0. The summed E-state index contributed by atoms with van der Waals surface area (Å²) in [5, 5.41) is 1.76. The van der Waals surface area contributed by atoms with Crippen LogP contribution in [0, 0.1) is 5.82 Å².